The summed E-state index contributed by atoms with van der Waals surface area (Å²) in [6.45, 7) is 3.67. The smallest absolute Gasteiger partial charge is 0.182 e. The van der Waals surface area contributed by atoms with Gasteiger partial charge in [-0.3, -0.25) is 4.79 Å². The number of ketones is 1. The van der Waals surface area contributed by atoms with Crippen molar-refractivity contribution in [2.75, 3.05) is 7.05 Å². The fourth-order valence-corrected chi connectivity index (χ4v) is 0.600. The molecule has 3 N–H and O–H groups in total. The van der Waals surface area contributed by atoms with Gasteiger partial charge in [0.05, 0.1) is 5.70 Å². The molecular formula is C7H14N2O. The van der Waals surface area contributed by atoms with E-state index >= 15 is 0 Å². The number of hydrogen-bond donors (Lipinski definition) is 2. The van der Waals surface area contributed by atoms with Gasteiger partial charge in [0.15, 0.2) is 5.78 Å². The highest BCUT2D eigenvalue weighted by molar-refractivity contribution is 5.95. The molecule has 0 unspecified atom stereocenters. The van der Waals surface area contributed by atoms with Gasteiger partial charge < -0.3 is 11.1 Å². The summed E-state index contributed by atoms with van der Waals surface area (Å²) in [7, 11) is 1.68. The van der Waals surface area contributed by atoms with Crippen LogP contribution < -0.4 is 11.1 Å². The summed E-state index contributed by atoms with van der Waals surface area (Å²) < 4.78 is 0. The molecule has 10 heavy (non-hydrogen) atoms. The Morgan fingerprint density at radius 3 is 2.20 bits per heavy atom. The normalized spacial score (nSPS) is 11.8. The first-order chi connectivity index (χ1) is 4.63. The van der Waals surface area contributed by atoms with Crippen molar-refractivity contribution >= 4 is 5.78 Å². The number of hydrogen-bond acceptors (Lipinski definition) is 3. The van der Waals surface area contributed by atoms with Crippen LogP contribution in [0.4, 0.5) is 0 Å². The van der Waals surface area contributed by atoms with Crippen LogP contribution in [0.1, 0.15) is 13.8 Å². The fourth-order valence-electron chi connectivity index (χ4n) is 0.600. The van der Waals surface area contributed by atoms with Crippen LogP contribution in [0.2, 0.25) is 0 Å². The number of rotatable bonds is 3. The molecule has 0 heterocycles. The molecule has 0 atom stereocenters. The van der Waals surface area contributed by atoms with Gasteiger partial charge in [0.1, 0.15) is 0 Å². The lowest BCUT2D eigenvalue weighted by molar-refractivity contribution is -0.118. The summed E-state index contributed by atoms with van der Waals surface area (Å²) in [6, 6.07) is 0. The minimum atomic E-state index is 0.00208. The molecule has 58 valence electrons. The van der Waals surface area contributed by atoms with Crippen LogP contribution in [0.5, 0.6) is 0 Å². The van der Waals surface area contributed by atoms with Crippen molar-refractivity contribution in [2.45, 2.75) is 13.8 Å². The van der Waals surface area contributed by atoms with Gasteiger partial charge in [-0.15, -0.1) is 0 Å². The van der Waals surface area contributed by atoms with Crippen LogP contribution in [0.25, 0.3) is 0 Å². The Bertz CT molecular complexity index is 150. The van der Waals surface area contributed by atoms with Gasteiger partial charge in [-0.1, -0.05) is 13.8 Å². The van der Waals surface area contributed by atoms with Crippen LogP contribution in [0.15, 0.2) is 11.9 Å². The zero-order chi connectivity index (χ0) is 8.15. The largest absolute Gasteiger partial charge is 0.403 e. The molecule has 0 saturated carbocycles. The second kappa shape index (κ2) is 3.93. The molecule has 0 aliphatic heterocycles. The van der Waals surface area contributed by atoms with Gasteiger partial charge in [-0.25, -0.2) is 0 Å². The minimum absolute atomic E-state index is 0.00208. The average molecular weight is 142 g/mol. The average Bonchev–Trinajstić information content (AvgIpc) is 1.90. The van der Waals surface area contributed by atoms with E-state index < -0.39 is 0 Å². The van der Waals surface area contributed by atoms with Crippen molar-refractivity contribution < 1.29 is 4.79 Å². The van der Waals surface area contributed by atoms with E-state index in [1.54, 1.807) is 7.05 Å². The van der Waals surface area contributed by atoms with E-state index in [1.165, 1.54) is 6.20 Å². The number of allylic oxidation sites excluding steroid dienone is 1. The molecule has 0 aromatic rings. The molecule has 0 aromatic carbocycles. The first-order valence-corrected chi connectivity index (χ1v) is 3.27. The van der Waals surface area contributed by atoms with E-state index in [-0.39, 0.29) is 11.7 Å². The lowest BCUT2D eigenvalue weighted by atomic mass is 10.1. The van der Waals surface area contributed by atoms with Crippen LogP contribution in [-0.2, 0) is 4.79 Å². The van der Waals surface area contributed by atoms with Crippen LogP contribution >= 0.6 is 0 Å². The highest BCUT2D eigenvalue weighted by Crippen LogP contribution is 2.00. The van der Waals surface area contributed by atoms with Gasteiger partial charge in [-0.2, -0.15) is 0 Å². The molecule has 0 amide bonds. The third-order valence-electron chi connectivity index (χ3n) is 1.23. The number of carbonyl (C=O) groups is 1. The number of nitrogens with two attached hydrogens (primary N) is 1. The molecule has 0 fully saturated rings. The highest BCUT2D eigenvalue weighted by atomic mass is 16.1. The summed E-state index contributed by atoms with van der Waals surface area (Å²) in [4.78, 5) is 11.1. The molecule has 0 bridgehead atoms. The van der Waals surface area contributed by atoms with Crippen LogP contribution in [-0.4, -0.2) is 12.8 Å². The lowest BCUT2D eigenvalue weighted by Crippen LogP contribution is -2.21. The molecule has 0 radical (unpaired) electrons. The topological polar surface area (TPSA) is 55.1 Å². The Balaban J connectivity index is 4.18. The maximum atomic E-state index is 11.1. The number of nitrogens with one attached hydrogen (secondary N) is 1. The van der Waals surface area contributed by atoms with Crippen molar-refractivity contribution in [3.05, 3.63) is 11.9 Å². The van der Waals surface area contributed by atoms with E-state index in [4.69, 9.17) is 5.73 Å². The summed E-state index contributed by atoms with van der Waals surface area (Å²) >= 11 is 0. The summed E-state index contributed by atoms with van der Waals surface area (Å²) in [5.41, 5.74) is 5.66. The fraction of sp³-hybridized carbons (Fsp3) is 0.571. The van der Waals surface area contributed by atoms with Crippen molar-refractivity contribution in [1.29, 1.82) is 0 Å². The number of carbonyl (C=O) groups excluding carboxylic acids is 1. The Labute approximate surface area is 61.3 Å². The van der Waals surface area contributed by atoms with Gasteiger partial charge in [0.2, 0.25) is 0 Å². The summed E-state index contributed by atoms with van der Waals surface area (Å²) in [5, 5.41) is 2.72. The lowest BCUT2D eigenvalue weighted by Gasteiger charge is -2.06. The third kappa shape index (κ3) is 2.09. The monoisotopic (exact) mass is 142 g/mol. The van der Waals surface area contributed by atoms with Crippen molar-refractivity contribution in [2.24, 2.45) is 11.7 Å². The SMILES string of the molecule is CN/C(=C\N)C(=O)C(C)C. The molecule has 0 saturated heterocycles. The Morgan fingerprint density at radius 1 is 1.60 bits per heavy atom. The van der Waals surface area contributed by atoms with E-state index in [0.717, 1.165) is 0 Å². The molecule has 3 nitrogen and oxygen atoms in total. The number of Topliss-reactive ketones (excluding diaryl/α,β-unsaturated/α-hetero) is 1. The summed E-state index contributed by atoms with van der Waals surface area (Å²) in [6.07, 6.45) is 1.29. The maximum Gasteiger partial charge on any atom is 0.182 e. The van der Waals surface area contributed by atoms with Crippen LogP contribution in [0, 0.1) is 5.92 Å². The quantitative estimate of drug-likeness (QED) is 0.555. The van der Waals surface area contributed by atoms with Gasteiger partial charge in [0, 0.05) is 19.2 Å². The standard InChI is InChI=1S/C7H14N2O/c1-5(2)7(10)6(4-8)9-3/h4-5,9H,8H2,1-3H3/b6-4-. The molecule has 0 aliphatic carbocycles. The van der Waals surface area contributed by atoms with Crippen molar-refractivity contribution in [3.8, 4) is 0 Å². The molecule has 0 aliphatic rings. The first kappa shape index (κ1) is 9.01. The van der Waals surface area contributed by atoms with Crippen molar-refractivity contribution in [3.63, 3.8) is 0 Å². The van der Waals surface area contributed by atoms with E-state index in [0.29, 0.717) is 5.70 Å². The molecular weight excluding hydrogens is 128 g/mol. The molecule has 0 rings (SSSR count). The van der Waals surface area contributed by atoms with Gasteiger partial charge in [0.25, 0.3) is 0 Å². The first-order valence-electron chi connectivity index (χ1n) is 3.27. The highest BCUT2D eigenvalue weighted by Gasteiger charge is 2.10. The van der Waals surface area contributed by atoms with Crippen molar-refractivity contribution in [1.82, 2.24) is 5.32 Å². The maximum absolute atomic E-state index is 11.1. The predicted molar refractivity (Wildman–Crippen MR) is 41.2 cm³/mol. The Kier molecular flexibility index (Phi) is 3.54. The zero-order valence-corrected chi connectivity index (χ0v) is 6.64. The Morgan fingerprint density at radius 2 is 2.10 bits per heavy atom. The number of likely N-dealkylation sites (N-methyl/N-ethyl adjacent to an activating group) is 1. The summed E-state index contributed by atoms with van der Waals surface area (Å²) in [5.74, 6) is 0.0484. The zero-order valence-electron chi connectivity index (χ0n) is 6.64. The van der Waals surface area contributed by atoms with E-state index in [9.17, 15) is 4.79 Å². The van der Waals surface area contributed by atoms with E-state index in [1.807, 2.05) is 13.8 Å². The second-order valence-electron chi connectivity index (χ2n) is 2.35. The molecule has 0 aromatic heterocycles. The third-order valence-corrected chi connectivity index (χ3v) is 1.23. The minimum Gasteiger partial charge on any atom is -0.403 e. The predicted octanol–water partition coefficient (Wildman–Crippen LogP) is 0.231. The Hall–Kier alpha value is -0.990. The molecule has 0 spiro atoms. The van der Waals surface area contributed by atoms with Gasteiger partial charge >= 0.3 is 0 Å². The van der Waals surface area contributed by atoms with Crippen LogP contribution in [0.3, 0.4) is 0 Å². The second-order valence-corrected chi connectivity index (χ2v) is 2.35. The molecule has 3 heteroatoms. The van der Waals surface area contributed by atoms with E-state index in [2.05, 4.69) is 5.32 Å². The van der Waals surface area contributed by atoms with Gasteiger partial charge in [-0.05, 0) is 0 Å².